The SMILES string of the molecule is CCN(CC(=O)Nc1c(F)cccc1F)C(=O)C1CCNCC1. The van der Waals surface area contributed by atoms with Crippen molar-refractivity contribution in [2.45, 2.75) is 19.8 Å². The highest BCUT2D eigenvalue weighted by atomic mass is 19.1. The standard InChI is InChI=1S/C16H21F2N3O2/c1-2-21(16(23)11-6-8-19-9-7-11)10-14(22)20-15-12(17)4-3-5-13(15)18/h3-5,11,19H,2,6-10H2,1H3,(H,20,22). The third kappa shape index (κ3) is 4.48. The number of carbonyl (C=O) groups excluding carboxylic acids is 2. The summed E-state index contributed by atoms with van der Waals surface area (Å²) in [5, 5.41) is 5.38. The van der Waals surface area contributed by atoms with Gasteiger partial charge in [-0.3, -0.25) is 9.59 Å². The summed E-state index contributed by atoms with van der Waals surface area (Å²) >= 11 is 0. The largest absolute Gasteiger partial charge is 0.333 e. The van der Waals surface area contributed by atoms with E-state index >= 15 is 0 Å². The van der Waals surface area contributed by atoms with Crippen LogP contribution in [0.25, 0.3) is 0 Å². The molecule has 0 atom stereocenters. The predicted molar refractivity (Wildman–Crippen MR) is 82.8 cm³/mol. The number of piperidine rings is 1. The molecule has 2 rings (SSSR count). The highest BCUT2D eigenvalue weighted by Crippen LogP contribution is 2.18. The molecule has 0 spiro atoms. The smallest absolute Gasteiger partial charge is 0.244 e. The number of amides is 2. The molecule has 1 aromatic rings. The zero-order valence-electron chi connectivity index (χ0n) is 13.1. The van der Waals surface area contributed by atoms with E-state index in [0.29, 0.717) is 6.54 Å². The van der Waals surface area contributed by atoms with Gasteiger partial charge in [-0.05, 0) is 45.0 Å². The average molecular weight is 325 g/mol. The number of hydrogen-bond acceptors (Lipinski definition) is 3. The summed E-state index contributed by atoms with van der Waals surface area (Å²) in [6.07, 6.45) is 1.47. The van der Waals surface area contributed by atoms with Crippen molar-refractivity contribution in [2.75, 3.05) is 31.5 Å². The summed E-state index contributed by atoms with van der Waals surface area (Å²) in [6.45, 7) is 3.49. The lowest BCUT2D eigenvalue weighted by molar-refractivity contribution is -0.138. The number of nitrogens with one attached hydrogen (secondary N) is 2. The maximum absolute atomic E-state index is 13.5. The molecule has 1 aliphatic rings. The van der Waals surface area contributed by atoms with Crippen LogP contribution in [0, 0.1) is 17.6 Å². The minimum atomic E-state index is -0.842. The summed E-state index contributed by atoms with van der Waals surface area (Å²) in [4.78, 5) is 25.9. The number of benzene rings is 1. The molecule has 1 heterocycles. The van der Waals surface area contributed by atoms with E-state index in [-0.39, 0.29) is 18.4 Å². The number of rotatable bonds is 5. The van der Waals surface area contributed by atoms with Crippen LogP contribution in [0.3, 0.4) is 0 Å². The fourth-order valence-corrected chi connectivity index (χ4v) is 2.64. The topological polar surface area (TPSA) is 61.4 Å². The maximum atomic E-state index is 13.5. The Labute approximate surface area is 134 Å². The van der Waals surface area contributed by atoms with Crippen LogP contribution in [0.5, 0.6) is 0 Å². The molecule has 2 amide bonds. The third-order valence-corrected chi connectivity index (χ3v) is 3.94. The van der Waals surface area contributed by atoms with Crippen molar-refractivity contribution < 1.29 is 18.4 Å². The van der Waals surface area contributed by atoms with Crippen LogP contribution >= 0.6 is 0 Å². The minimum Gasteiger partial charge on any atom is -0.333 e. The number of anilines is 1. The Hall–Kier alpha value is -2.02. The molecule has 23 heavy (non-hydrogen) atoms. The maximum Gasteiger partial charge on any atom is 0.244 e. The molecule has 1 aliphatic heterocycles. The molecular formula is C16H21F2N3O2. The number of hydrogen-bond donors (Lipinski definition) is 2. The quantitative estimate of drug-likeness (QED) is 0.867. The number of likely N-dealkylation sites (N-methyl/N-ethyl adjacent to an activating group) is 1. The molecular weight excluding hydrogens is 304 g/mol. The Kier molecular flexibility index (Phi) is 6.04. The van der Waals surface area contributed by atoms with E-state index in [1.54, 1.807) is 6.92 Å². The predicted octanol–water partition coefficient (Wildman–Crippen LogP) is 1.75. The van der Waals surface area contributed by atoms with Crippen LogP contribution in [0.15, 0.2) is 18.2 Å². The lowest BCUT2D eigenvalue weighted by atomic mass is 9.96. The Bertz CT molecular complexity index is 554. The highest BCUT2D eigenvalue weighted by molar-refractivity contribution is 5.95. The first-order valence-electron chi connectivity index (χ1n) is 7.76. The molecule has 0 aromatic heterocycles. The number of halogens is 2. The zero-order valence-corrected chi connectivity index (χ0v) is 13.1. The molecule has 0 radical (unpaired) electrons. The Morgan fingerprint density at radius 3 is 2.43 bits per heavy atom. The first kappa shape index (κ1) is 17.3. The van der Waals surface area contributed by atoms with E-state index in [0.717, 1.165) is 38.1 Å². The van der Waals surface area contributed by atoms with Gasteiger partial charge in [0.05, 0.1) is 6.54 Å². The summed E-state index contributed by atoms with van der Waals surface area (Å²) in [5.41, 5.74) is -0.483. The average Bonchev–Trinajstić information content (AvgIpc) is 2.56. The molecule has 1 aromatic carbocycles. The van der Waals surface area contributed by atoms with Gasteiger partial charge in [0, 0.05) is 12.5 Å². The van der Waals surface area contributed by atoms with Gasteiger partial charge in [0.2, 0.25) is 11.8 Å². The van der Waals surface area contributed by atoms with Gasteiger partial charge in [0.25, 0.3) is 0 Å². The Balaban J connectivity index is 1.98. The molecule has 126 valence electrons. The van der Waals surface area contributed by atoms with Crippen LogP contribution in [0.2, 0.25) is 0 Å². The molecule has 0 aliphatic carbocycles. The van der Waals surface area contributed by atoms with Crippen LogP contribution in [-0.4, -0.2) is 42.9 Å². The second-order valence-corrected chi connectivity index (χ2v) is 5.52. The first-order valence-corrected chi connectivity index (χ1v) is 7.76. The molecule has 0 bridgehead atoms. The number of para-hydroxylation sites is 1. The number of carbonyl (C=O) groups is 2. The van der Waals surface area contributed by atoms with Crippen LogP contribution in [0.4, 0.5) is 14.5 Å². The van der Waals surface area contributed by atoms with E-state index < -0.39 is 23.2 Å². The van der Waals surface area contributed by atoms with Gasteiger partial charge in [-0.2, -0.15) is 0 Å². The van der Waals surface area contributed by atoms with Crippen molar-refractivity contribution in [1.82, 2.24) is 10.2 Å². The highest BCUT2D eigenvalue weighted by Gasteiger charge is 2.26. The summed E-state index contributed by atoms with van der Waals surface area (Å²) < 4.78 is 27.1. The second-order valence-electron chi connectivity index (χ2n) is 5.52. The van der Waals surface area contributed by atoms with Crippen LogP contribution < -0.4 is 10.6 Å². The minimum absolute atomic E-state index is 0.0850. The normalized spacial score (nSPS) is 15.3. The van der Waals surface area contributed by atoms with E-state index in [1.165, 1.54) is 11.0 Å². The van der Waals surface area contributed by atoms with Gasteiger partial charge in [-0.15, -0.1) is 0 Å². The number of nitrogens with zero attached hydrogens (tertiary/aromatic N) is 1. The molecule has 0 unspecified atom stereocenters. The molecule has 5 nitrogen and oxygen atoms in total. The van der Waals surface area contributed by atoms with E-state index in [4.69, 9.17) is 0 Å². The fourth-order valence-electron chi connectivity index (χ4n) is 2.64. The van der Waals surface area contributed by atoms with Gasteiger partial charge in [0.1, 0.15) is 17.3 Å². The zero-order chi connectivity index (χ0) is 16.8. The van der Waals surface area contributed by atoms with Crippen molar-refractivity contribution in [1.29, 1.82) is 0 Å². The van der Waals surface area contributed by atoms with E-state index in [2.05, 4.69) is 10.6 Å². The van der Waals surface area contributed by atoms with Crippen molar-refractivity contribution in [2.24, 2.45) is 5.92 Å². The lowest BCUT2D eigenvalue weighted by Gasteiger charge is -2.28. The van der Waals surface area contributed by atoms with Crippen LogP contribution in [0.1, 0.15) is 19.8 Å². The van der Waals surface area contributed by atoms with Crippen molar-refractivity contribution in [3.05, 3.63) is 29.8 Å². The lowest BCUT2D eigenvalue weighted by Crippen LogP contribution is -2.44. The fraction of sp³-hybridized carbons (Fsp3) is 0.500. The Morgan fingerprint density at radius 2 is 1.87 bits per heavy atom. The van der Waals surface area contributed by atoms with Crippen molar-refractivity contribution in [3.8, 4) is 0 Å². The molecule has 7 heteroatoms. The van der Waals surface area contributed by atoms with Gasteiger partial charge in [0.15, 0.2) is 0 Å². The molecule has 2 N–H and O–H groups in total. The van der Waals surface area contributed by atoms with Gasteiger partial charge in [-0.25, -0.2) is 8.78 Å². The monoisotopic (exact) mass is 325 g/mol. The summed E-state index contributed by atoms with van der Waals surface area (Å²) in [6, 6.07) is 3.35. The second kappa shape index (κ2) is 8.01. The summed E-state index contributed by atoms with van der Waals surface area (Å²) in [5.74, 6) is -2.48. The van der Waals surface area contributed by atoms with Gasteiger partial charge >= 0.3 is 0 Å². The van der Waals surface area contributed by atoms with E-state index in [9.17, 15) is 18.4 Å². The van der Waals surface area contributed by atoms with Gasteiger partial charge < -0.3 is 15.5 Å². The third-order valence-electron chi connectivity index (χ3n) is 3.94. The van der Waals surface area contributed by atoms with Crippen molar-refractivity contribution in [3.63, 3.8) is 0 Å². The van der Waals surface area contributed by atoms with Crippen LogP contribution in [-0.2, 0) is 9.59 Å². The molecule has 1 saturated heterocycles. The molecule has 1 fully saturated rings. The van der Waals surface area contributed by atoms with E-state index in [1.807, 2.05) is 0 Å². The molecule has 0 saturated carbocycles. The summed E-state index contributed by atoms with van der Waals surface area (Å²) in [7, 11) is 0. The van der Waals surface area contributed by atoms with Crippen molar-refractivity contribution >= 4 is 17.5 Å². The van der Waals surface area contributed by atoms with Gasteiger partial charge in [-0.1, -0.05) is 6.07 Å². The first-order chi connectivity index (χ1) is 11.0. The Morgan fingerprint density at radius 1 is 1.26 bits per heavy atom.